The topological polar surface area (TPSA) is 78.6 Å². The summed E-state index contributed by atoms with van der Waals surface area (Å²) in [7, 11) is 1.33. The maximum Gasteiger partial charge on any atom is 0.337 e. The van der Waals surface area contributed by atoms with Gasteiger partial charge in [-0.05, 0) is 29.8 Å². The van der Waals surface area contributed by atoms with Crippen molar-refractivity contribution >= 4 is 11.9 Å². The molecule has 0 saturated carbocycles. The van der Waals surface area contributed by atoms with Crippen LogP contribution >= 0.6 is 0 Å². The first-order chi connectivity index (χ1) is 10.1. The lowest BCUT2D eigenvalue weighted by Gasteiger charge is -2.10. The number of esters is 1. The monoisotopic (exact) mass is 285 g/mol. The Hall–Kier alpha value is -2.82. The zero-order valence-corrected chi connectivity index (χ0v) is 11.5. The van der Waals surface area contributed by atoms with E-state index in [9.17, 15) is 9.59 Å². The molecule has 108 valence electrons. The van der Waals surface area contributed by atoms with Gasteiger partial charge in [-0.25, -0.2) is 4.79 Å². The molecule has 2 N–H and O–H groups in total. The van der Waals surface area contributed by atoms with Crippen molar-refractivity contribution in [3.63, 3.8) is 0 Å². The van der Waals surface area contributed by atoms with Gasteiger partial charge >= 0.3 is 5.97 Å². The highest BCUT2D eigenvalue weighted by molar-refractivity contribution is 5.95. The Bertz CT molecular complexity index is 667. The van der Waals surface area contributed by atoms with Crippen LogP contribution in [0.3, 0.4) is 0 Å². The number of hydrogen-bond donors (Lipinski definition) is 1. The molecule has 0 bridgehead atoms. The summed E-state index contributed by atoms with van der Waals surface area (Å²) in [5, 5.41) is 0. The predicted octanol–water partition coefficient (Wildman–Crippen LogP) is 2.15. The molecule has 0 atom stereocenters. The number of benzene rings is 2. The normalized spacial score (nSPS) is 9.95. The molecular weight excluding hydrogens is 270 g/mol. The highest BCUT2D eigenvalue weighted by Gasteiger charge is 2.09. The first-order valence-corrected chi connectivity index (χ1v) is 6.30. The quantitative estimate of drug-likeness (QED) is 0.854. The molecule has 0 radical (unpaired) electrons. The van der Waals surface area contributed by atoms with Crippen molar-refractivity contribution in [2.45, 2.75) is 6.61 Å². The third-order valence-electron chi connectivity index (χ3n) is 2.89. The number of carbonyl (C=O) groups is 2. The van der Waals surface area contributed by atoms with E-state index in [1.54, 1.807) is 42.5 Å². The van der Waals surface area contributed by atoms with E-state index in [2.05, 4.69) is 4.74 Å². The lowest BCUT2D eigenvalue weighted by atomic mass is 10.1. The zero-order chi connectivity index (χ0) is 15.2. The Morgan fingerprint density at radius 1 is 1.10 bits per heavy atom. The molecule has 0 heterocycles. The molecule has 0 fully saturated rings. The molecule has 0 spiro atoms. The first kappa shape index (κ1) is 14.6. The standard InChI is InChI=1S/C16H15NO4/c1-20-16(19)12-6-4-5-11(9-12)10-21-14-8-3-2-7-13(14)15(17)18/h2-9H,10H2,1H3,(H2,17,18). The van der Waals surface area contributed by atoms with Crippen molar-refractivity contribution in [1.29, 1.82) is 0 Å². The second-order valence-electron chi connectivity index (χ2n) is 4.34. The van der Waals surface area contributed by atoms with E-state index in [-0.39, 0.29) is 6.61 Å². The van der Waals surface area contributed by atoms with Crippen LogP contribution in [0, 0.1) is 0 Å². The number of nitrogens with two attached hydrogens (primary N) is 1. The summed E-state index contributed by atoms with van der Waals surface area (Å²) < 4.78 is 10.3. The Balaban J connectivity index is 2.14. The maximum absolute atomic E-state index is 11.5. The lowest BCUT2D eigenvalue weighted by Crippen LogP contribution is -2.13. The number of methoxy groups -OCH3 is 1. The Morgan fingerprint density at radius 3 is 2.57 bits per heavy atom. The van der Waals surface area contributed by atoms with Crippen LogP contribution in [0.1, 0.15) is 26.3 Å². The van der Waals surface area contributed by atoms with E-state index in [4.69, 9.17) is 10.5 Å². The maximum atomic E-state index is 11.5. The van der Waals surface area contributed by atoms with Crippen molar-refractivity contribution in [3.05, 3.63) is 65.2 Å². The largest absolute Gasteiger partial charge is 0.488 e. The van der Waals surface area contributed by atoms with Crippen LogP contribution in [0.25, 0.3) is 0 Å². The third kappa shape index (κ3) is 3.60. The third-order valence-corrected chi connectivity index (χ3v) is 2.89. The summed E-state index contributed by atoms with van der Waals surface area (Å²) >= 11 is 0. The molecule has 5 nitrogen and oxygen atoms in total. The number of hydrogen-bond acceptors (Lipinski definition) is 4. The summed E-state index contributed by atoms with van der Waals surface area (Å²) in [4.78, 5) is 22.8. The number of primary amides is 1. The van der Waals surface area contributed by atoms with E-state index in [1.165, 1.54) is 7.11 Å². The summed E-state index contributed by atoms with van der Waals surface area (Å²) in [6.07, 6.45) is 0. The Morgan fingerprint density at radius 2 is 1.86 bits per heavy atom. The van der Waals surface area contributed by atoms with Gasteiger partial charge in [0.15, 0.2) is 0 Å². The average Bonchev–Trinajstić information content (AvgIpc) is 2.52. The van der Waals surface area contributed by atoms with E-state index in [0.717, 1.165) is 5.56 Å². The Labute approximate surface area is 122 Å². The van der Waals surface area contributed by atoms with Crippen molar-refractivity contribution in [1.82, 2.24) is 0 Å². The SMILES string of the molecule is COC(=O)c1cccc(COc2ccccc2C(N)=O)c1. The van der Waals surface area contributed by atoms with E-state index < -0.39 is 11.9 Å². The minimum atomic E-state index is -0.547. The first-order valence-electron chi connectivity index (χ1n) is 6.30. The molecule has 0 saturated heterocycles. The van der Waals surface area contributed by atoms with Gasteiger partial charge in [0.1, 0.15) is 12.4 Å². The highest BCUT2D eigenvalue weighted by atomic mass is 16.5. The van der Waals surface area contributed by atoms with Crippen LogP contribution < -0.4 is 10.5 Å². The van der Waals surface area contributed by atoms with Crippen molar-refractivity contribution in [2.24, 2.45) is 5.73 Å². The van der Waals surface area contributed by atoms with Gasteiger partial charge < -0.3 is 15.2 Å². The molecule has 0 aliphatic rings. The van der Waals surface area contributed by atoms with Gasteiger partial charge in [-0.15, -0.1) is 0 Å². The number of carbonyl (C=O) groups excluding carboxylic acids is 2. The minimum Gasteiger partial charge on any atom is -0.488 e. The van der Waals surface area contributed by atoms with Crippen molar-refractivity contribution < 1.29 is 19.1 Å². The smallest absolute Gasteiger partial charge is 0.337 e. The summed E-state index contributed by atoms with van der Waals surface area (Å²) in [6.45, 7) is 0.217. The molecule has 0 aromatic heterocycles. The summed E-state index contributed by atoms with van der Waals surface area (Å²) in [5.41, 5.74) is 6.84. The molecule has 2 rings (SSSR count). The molecule has 5 heteroatoms. The van der Waals surface area contributed by atoms with E-state index in [1.807, 2.05) is 6.07 Å². The van der Waals surface area contributed by atoms with Crippen LogP contribution in [-0.4, -0.2) is 19.0 Å². The van der Waals surface area contributed by atoms with Crippen LogP contribution in [-0.2, 0) is 11.3 Å². The van der Waals surface area contributed by atoms with Gasteiger partial charge in [0.2, 0.25) is 0 Å². The average molecular weight is 285 g/mol. The highest BCUT2D eigenvalue weighted by Crippen LogP contribution is 2.19. The number of ether oxygens (including phenoxy) is 2. The van der Waals surface area contributed by atoms with Crippen LogP contribution in [0.5, 0.6) is 5.75 Å². The molecule has 0 aliphatic heterocycles. The molecule has 2 aromatic carbocycles. The minimum absolute atomic E-state index is 0.217. The van der Waals surface area contributed by atoms with Gasteiger partial charge in [-0.1, -0.05) is 24.3 Å². The molecule has 2 aromatic rings. The predicted molar refractivity (Wildman–Crippen MR) is 77.1 cm³/mol. The summed E-state index contributed by atoms with van der Waals surface area (Å²) in [6, 6.07) is 13.6. The van der Waals surface area contributed by atoms with E-state index in [0.29, 0.717) is 16.9 Å². The summed E-state index contributed by atoms with van der Waals surface area (Å²) in [5.74, 6) is -0.545. The van der Waals surface area contributed by atoms with E-state index >= 15 is 0 Å². The molecular formula is C16H15NO4. The van der Waals surface area contributed by atoms with Gasteiger partial charge in [-0.3, -0.25) is 4.79 Å². The van der Waals surface area contributed by atoms with Gasteiger partial charge in [0.25, 0.3) is 5.91 Å². The fourth-order valence-electron chi connectivity index (χ4n) is 1.86. The van der Waals surface area contributed by atoms with Crippen molar-refractivity contribution in [2.75, 3.05) is 7.11 Å². The zero-order valence-electron chi connectivity index (χ0n) is 11.5. The van der Waals surface area contributed by atoms with Crippen molar-refractivity contribution in [3.8, 4) is 5.75 Å². The second-order valence-corrected chi connectivity index (χ2v) is 4.34. The number of para-hydroxylation sites is 1. The molecule has 0 aliphatic carbocycles. The van der Waals surface area contributed by atoms with Gasteiger partial charge in [0.05, 0.1) is 18.2 Å². The molecule has 1 amide bonds. The van der Waals surface area contributed by atoms with Crippen LogP contribution in [0.4, 0.5) is 0 Å². The van der Waals surface area contributed by atoms with Gasteiger partial charge in [-0.2, -0.15) is 0 Å². The number of amides is 1. The number of rotatable bonds is 5. The lowest BCUT2D eigenvalue weighted by molar-refractivity contribution is 0.0600. The molecule has 0 unspecified atom stereocenters. The molecule has 21 heavy (non-hydrogen) atoms. The van der Waals surface area contributed by atoms with Crippen LogP contribution in [0.15, 0.2) is 48.5 Å². The fourth-order valence-corrected chi connectivity index (χ4v) is 1.86. The fraction of sp³-hybridized carbons (Fsp3) is 0.125. The Kier molecular flexibility index (Phi) is 4.56. The van der Waals surface area contributed by atoms with Gasteiger partial charge in [0, 0.05) is 0 Å². The van der Waals surface area contributed by atoms with Crippen LogP contribution in [0.2, 0.25) is 0 Å². The second kappa shape index (κ2) is 6.56.